The highest BCUT2D eigenvalue weighted by Gasteiger charge is 2.25. The first-order valence-electron chi connectivity index (χ1n) is 7.43. The Morgan fingerprint density at radius 3 is 3.24 bits per heavy atom. The summed E-state index contributed by atoms with van der Waals surface area (Å²) in [6.45, 7) is 4.40. The smallest absolute Gasteiger partial charge is 0.240 e. The molecule has 0 saturated heterocycles. The molecule has 1 atom stereocenters. The van der Waals surface area contributed by atoms with Crippen LogP contribution in [0.3, 0.4) is 0 Å². The van der Waals surface area contributed by atoms with E-state index in [-0.39, 0.29) is 11.9 Å². The molecule has 0 aromatic carbocycles. The summed E-state index contributed by atoms with van der Waals surface area (Å²) >= 11 is 1.75. The molecule has 0 spiro atoms. The van der Waals surface area contributed by atoms with Gasteiger partial charge in [-0.15, -0.1) is 11.3 Å². The van der Waals surface area contributed by atoms with Crippen LogP contribution in [0.5, 0.6) is 0 Å². The summed E-state index contributed by atoms with van der Waals surface area (Å²) in [5.41, 5.74) is 1.08. The fraction of sp³-hybridized carbons (Fsp3) is 0.533. The number of nitrogens with one attached hydrogen (secondary N) is 1. The second kappa shape index (κ2) is 5.97. The molecular weight excluding hydrogens is 284 g/mol. The lowest BCUT2D eigenvalue weighted by atomic mass is 9.97. The maximum absolute atomic E-state index is 12.3. The van der Waals surface area contributed by atoms with Gasteiger partial charge in [-0.3, -0.25) is 4.79 Å². The summed E-state index contributed by atoms with van der Waals surface area (Å²) in [5.74, 6) is 0.977. The number of rotatable bonds is 4. The van der Waals surface area contributed by atoms with E-state index >= 15 is 0 Å². The van der Waals surface area contributed by atoms with Crippen molar-refractivity contribution in [2.45, 2.75) is 52.1 Å². The van der Waals surface area contributed by atoms with E-state index in [9.17, 15) is 4.79 Å². The monoisotopic (exact) mass is 304 g/mol. The van der Waals surface area contributed by atoms with Gasteiger partial charge in [0.05, 0.1) is 16.7 Å². The zero-order chi connectivity index (χ0) is 14.8. The van der Waals surface area contributed by atoms with Crippen molar-refractivity contribution in [3.05, 3.63) is 33.8 Å². The standard InChI is InChI=1S/C15H20N4OS/c1-3-13-16-7-8-19(13)9-14(20)18-11-5-4-6-12-15(11)17-10(2)21-12/h7-8,11H,3-6,9H2,1-2H3,(H,18,20)/t11-/m0/s1. The van der Waals surface area contributed by atoms with E-state index in [2.05, 4.69) is 15.3 Å². The summed E-state index contributed by atoms with van der Waals surface area (Å²) in [7, 11) is 0. The summed E-state index contributed by atoms with van der Waals surface area (Å²) < 4.78 is 1.91. The van der Waals surface area contributed by atoms with Gasteiger partial charge in [0.15, 0.2) is 0 Å². The lowest BCUT2D eigenvalue weighted by molar-refractivity contribution is -0.122. The molecule has 3 rings (SSSR count). The number of hydrogen-bond donors (Lipinski definition) is 1. The number of amides is 1. The third-order valence-electron chi connectivity index (χ3n) is 3.83. The minimum absolute atomic E-state index is 0.0335. The molecule has 2 aromatic heterocycles. The molecule has 2 aromatic rings. The van der Waals surface area contributed by atoms with Gasteiger partial charge >= 0.3 is 0 Å². The van der Waals surface area contributed by atoms with Crippen LogP contribution in [-0.4, -0.2) is 20.4 Å². The molecular formula is C15H20N4OS. The van der Waals surface area contributed by atoms with Gasteiger partial charge in [0.25, 0.3) is 0 Å². The van der Waals surface area contributed by atoms with Crippen LogP contribution in [0.4, 0.5) is 0 Å². The number of aryl methyl sites for hydroxylation is 3. The van der Waals surface area contributed by atoms with Crippen LogP contribution in [0.2, 0.25) is 0 Å². The number of carbonyl (C=O) groups is 1. The van der Waals surface area contributed by atoms with Crippen molar-refractivity contribution in [3.8, 4) is 0 Å². The van der Waals surface area contributed by atoms with Gasteiger partial charge in [0.1, 0.15) is 12.4 Å². The largest absolute Gasteiger partial charge is 0.346 e. The lowest BCUT2D eigenvalue weighted by Crippen LogP contribution is -2.33. The Labute approximate surface area is 128 Å². The van der Waals surface area contributed by atoms with E-state index in [1.807, 2.05) is 24.6 Å². The molecule has 1 aliphatic rings. The van der Waals surface area contributed by atoms with Gasteiger partial charge in [0, 0.05) is 23.7 Å². The lowest BCUT2D eigenvalue weighted by Gasteiger charge is -2.22. The van der Waals surface area contributed by atoms with Crippen LogP contribution >= 0.6 is 11.3 Å². The SMILES string of the molecule is CCc1nccn1CC(=O)N[C@H]1CCCc2sc(C)nc21. The summed E-state index contributed by atoms with van der Waals surface area (Å²) in [6, 6.07) is 0.0693. The first kappa shape index (κ1) is 14.3. The van der Waals surface area contributed by atoms with Crippen LogP contribution in [0.25, 0.3) is 0 Å². The van der Waals surface area contributed by atoms with Crippen molar-refractivity contribution in [1.29, 1.82) is 0 Å². The maximum atomic E-state index is 12.3. The molecule has 6 heteroatoms. The van der Waals surface area contributed by atoms with Gasteiger partial charge in [-0.05, 0) is 26.2 Å². The molecule has 0 fully saturated rings. The van der Waals surface area contributed by atoms with Crippen molar-refractivity contribution < 1.29 is 4.79 Å². The Morgan fingerprint density at radius 2 is 2.43 bits per heavy atom. The third-order valence-corrected chi connectivity index (χ3v) is 4.87. The van der Waals surface area contributed by atoms with Crippen molar-refractivity contribution >= 4 is 17.2 Å². The van der Waals surface area contributed by atoms with Crippen molar-refractivity contribution in [1.82, 2.24) is 19.9 Å². The number of aromatic nitrogens is 3. The Hall–Kier alpha value is -1.69. The molecule has 5 nitrogen and oxygen atoms in total. The Balaban J connectivity index is 1.68. The maximum Gasteiger partial charge on any atom is 0.240 e. The molecule has 1 N–H and O–H groups in total. The Morgan fingerprint density at radius 1 is 1.57 bits per heavy atom. The molecule has 0 bridgehead atoms. The van der Waals surface area contributed by atoms with E-state index in [0.717, 1.165) is 42.2 Å². The van der Waals surface area contributed by atoms with Crippen molar-refractivity contribution in [3.63, 3.8) is 0 Å². The Bertz CT molecular complexity index is 646. The fourth-order valence-electron chi connectivity index (χ4n) is 2.87. The molecule has 2 heterocycles. The Kier molecular flexibility index (Phi) is 4.05. The van der Waals surface area contributed by atoms with Crippen LogP contribution < -0.4 is 5.32 Å². The van der Waals surface area contributed by atoms with Crippen LogP contribution in [0.1, 0.15) is 47.2 Å². The van der Waals surface area contributed by atoms with E-state index in [0.29, 0.717) is 6.54 Å². The second-order valence-electron chi connectivity index (χ2n) is 5.38. The molecule has 0 aliphatic heterocycles. The molecule has 0 unspecified atom stereocenters. The number of hydrogen-bond acceptors (Lipinski definition) is 4. The number of carbonyl (C=O) groups excluding carboxylic acids is 1. The molecule has 21 heavy (non-hydrogen) atoms. The fourth-order valence-corrected chi connectivity index (χ4v) is 3.91. The van der Waals surface area contributed by atoms with E-state index in [1.165, 1.54) is 4.88 Å². The summed E-state index contributed by atoms with van der Waals surface area (Å²) in [5, 5.41) is 4.22. The number of nitrogens with zero attached hydrogens (tertiary/aromatic N) is 3. The molecule has 1 aliphatic carbocycles. The zero-order valence-corrected chi connectivity index (χ0v) is 13.2. The van der Waals surface area contributed by atoms with E-state index < -0.39 is 0 Å². The van der Waals surface area contributed by atoms with Gasteiger partial charge in [-0.2, -0.15) is 0 Å². The van der Waals surface area contributed by atoms with Gasteiger partial charge in [-0.25, -0.2) is 9.97 Å². The summed E-state index contributed by atoms with van der Waals surface area (Å²) in [6.07, 6.45) is 7.62. The highest BCUT2D eigenvalue weighted by molar-refractivity contribution is 7.11. The van der Waals surface area contributed by atoms with Crippen molar-refractivity contribution in [2.75, 3.05) is 0 Å². The second-order valence-corrected chi connectivity index (χ2v) is 6.67. The average Bonchev–Trinajstić information content (AvgIpc) is 3.04. The number of imidazole rings is 1. The predicted octanol–water partition coefficient (Wildman–Crippen LogP) is 2.40. The number of thiazole rings is 1. The summed E-state index contributed by atoms with van der Waals surface area (Å²) in [4.78, 5) is 22.5. The van der Waals surface area contributed by atoms with Gasteiger partial charge in [0.2, 0.25) is 5.91 Å². The van der Waals surface area contributed by atoms with Gasteiger partial charge in [-0.1, -0.05) is 6.92 Å². The third kappa shape index (κ3) is 3.00. The topological polar surface area (TPSA) is 59.8 Å². The molecule has 0 radical (unpaired) electrons. The first-order chi connectivity index (χ1) is 10.2. The highest BCUT2D eigenvalue weighted by Crippen LogP contribution is 2.32. The first-order valence-corrected chi connectivity index (χ1v) is 8.24. The van der Waals surface area contributed by atoms with E-state index in [1.54, 1.807) is 17.5 Å². The minimum Gasteiger partial charge on any atom is -0.346 e. The van der Waals surface area contributed by atoms with Gasteiger partial charge < -0.3 is 9.88 Å². The minimum atomic E-state index is 0.0335. The van der Waals surface area contributed by atoms with Crippen LogP contribution in [0, 0.1) is 6.92 Å². The molecule has 0 saturated carbocycles. The van der Waals surface area contributed by atoms with Crippen LogP contribution in [0.15, 0.2) is 12.4 Å². The quantitative estimate of drug-likeness (QED) is 0.943. The predicted molar refractivity (Wildman–Crippen MR) is 82.3 cm³/mol. The molecule has 112 valence electrons. The molecule has 1 amide bonds. The van der Waals surface area contributed by atoms with E-state index in [4.69, 9.17) is 0 Å². The average molecular weight is 304 g/mol. The van der Waals surface area contributed by atoms with Crippen molar-refractivity contribution in [2.24, 2.45) is 0 Å². The van der Waals surface area contributed by atoms with Crippen LogP contribution in [-0.2, 0) is 24.2 Å². The highest BCUT2D eigenvalue weighted by atomic mass is 32.1. The normalized spacial score (nSPS) is 17.5. The zero-order valence-electron chi connectivity index (χ0n) is 12.4. The number of fused-ring (bicyclic) bond motifs is 1.